The van der Waals surface area contributed by atoms with Crippen molar-refractivity contribution in [2.45, 2.75) is 65.2 Å². The number of nitrogens with two attached hydrogens (primary N) is 1. The van der Waals surface area contributed by atoms with E-state index in [4.69, 9.17) is 24.7 Å². The molecule has 18 nitrogen and oxygen atoms in total. The van der Waals surface area contributed by atoms with Crippen molar-refractivity contribution in [2.75, 3.05) is 85.6 Å². The maximum absolute atomic E-state index is 15.2. The third-order valence-electron chi connectivity index (χ3n) is 10.6. The van der Waals surface area contributed by atoms with E-state index in [-0.39, 0.29) is 51.4 Å². The van der Waals surface area contributed by atoms with E-state index in [9.17, 15) is 38.3 Å². The number of aliphatic hydroxyl groups is 1. The second-order valence-corrected chi connectivity index (χ2v) is 17.0. The van der Waals surface area contributed by atoms with Gasteiger partial charge in [-0.15, -0.1) is 0 Å². The summed E-state index contributed by atoms with van der Waals surface area (Å²) in [6.07, 6.45) is 4.48. The molecule has 2 heterocycles. The number of rotatable bonds is 30. The zero-order chi connectivity index (χ0) is 49.6. The Labute approximate surface area is 395 Å². The van der Waals surface area contributed by atoms with E-state index in [1.807, 2.05) is 62.6 Å². The summed E-state index contributed by atoms with van der Waals surface area (Å²) >= 11 is 0. The molecule has 0 saturated heterocycles. The van der Waals surface area contributed by atoms with Gasteiger partial charge in [0.1, 0.15) is 30.8 Å². The van der Waals surface area contributed by atoms with Crippen LogP contribution in [0.15, 0.2) is 72.9 Å². The molecule has 1 aliphatic heterocycles. The highest BCUT2D eigenvalue weighted by Crippen LogP contribution is 2.41. The number of nitrogens with one attached hydrogen (secondary N) is 3. The van der Waals surface area contributed by atoms with Gasteiger partial charge in [-0.2, -0.15) is 0 Å². The van der Waals surface area contributed by atoms with Gasteiger partial charge in [-0.3, -0.25) is 33.7 Å². The second-order valence-electron chi connectivity index (χ2n) is 17.0. The number of hydrogen-bond acceptors (Lipinski definition) is 12. The van der Waals surface area contributed by atoms with E-state index in [1.165, 1.54) is 4.90 Å². The lowest BCUT2D eigenvalue weighted by atomic mass is 9.82. The Morgan fingerprint density at radius 2 is 1.44 bits per heavy atom. The monoisotopic (exact) mass is 953 g/mol. The van der Waals surface area contributed by atoms with Gasteiger partial charge in [-0.25, -0.2) is 8.78 Å². The van der Waals surface area contributed by atoms with Crippen LogP contribution in [-0.2, 0) is 54.3 Å². The van der Waals surface area contributed by atoms with Crippen molar-refractivity contribution in [2.24, 2.45) is 11.1 Å². The van der Waals surface area contributed by atoms with E-state index < -0.39 is 90.3 Å². The van der Waals surface area contributed by atoms with E-state index >= 15 is 4.39 Å². The van der Waals surface area contributed by atoms with Gasteiger partial charge in [0.25, 0.3) is 11.8 Å². The molecular formula is C48H65F2N7O11. The molecule has 0 fully saturated rings. The molecule has 68 heavy (non-hydrogen) atoms. The summed E-state index contributed by atoms with van der Waals surface area (Å²) in [6, 6.07) is 10.7. The van der Waals surface area contributed by atoms with Crippen LogP contribution in [0.2, 0.25) is 0 Å². The van der Waals surface area contributed by atoms with Gasteiger partial charge >= 0.3 is 0 Å². The molecule has 0 aliphatic carbocycles. The summed E-state index contributed by atoms with van der Waals surface area (Å²) in [6.45, 7) is 8.78. The Kier molecular flexibility index (Phi) is 22.4. The minimum Gasteiger partial charge on any atom is -0.387 e. The molecule has 1 aromatic heterocycles. The number of aromatic nitrogens is 1. The fraction of sp³-hybridized carbons (Fsp3) is 0.500. The van der Waals surface area contributed by atoms with Crippen LogP contribution in [0.5, 0.6) is 0 Å². The summed E-state index contributed by atoms with van der Waals surface area (Å²) in [4.78, 5) is 79.9. The average molecular weight is 954 g/mol. The number of ether oxygens (including phenoxy) is 4. The molecule has 372 valence electrons. The molecule has 20 heteroatoms. The van der Waals surface area contributed by atoms with Crippen molar-refractivity contribution in [1.29, 1.82) is 0 Å². The van der Waals surface area contributed by atoms with Gasteiger partial charge in [-0.1, -0.05) is 58.0 Å². The van der Waals surface area contributed by atoms with E-state index in [0.29, 0.717) is 49.2 Å². The molecule has 3 aromatic rings. The normalized spacial score (nSPS) is 13.9. The van der Waals surface area contributed by atoms with Crippen LogP contribution in [0.4, 0.5) is 8.78 Å². The van der Waals surface area contributed by atoms with Gasteiger partial charge in [0.15, 0.2) is 0 Å². The Morgan fingerprint density at radius 3 is 2.04 bits per heavy atom. The molecule has 0 bridgehead atoms. The fourth-order valence-corrected chi connectivity index (χ4v) is 7.28. The van der Waals surface area contributed by atoms with E-state index in [2.05, 4.69) is 16.0 Å². The van der Waals surface area contributed by atoms with Gasteiger partial charge < -0.3 is 55.2 Å². The quantitative estimate of drug-likeness (QED) is 0.0479. The van der Waals surface area contributed by atoms with Crippen LogP contribution < -0.4 is 21.7 Å². The van der Waals surface area contributed by atoms with Gasteiger partial charge in [0, 0.05) is 68.0 Å². The molecule has 0 saturated carbocycles. The number of nitrogens with zero attached hydrogens (tertiary/aromatic N) is 3. The van der Waals surface area contributed by atoms with Crippen LogP contribution in [-0.4, -0.2) is 153 Å². The lowest BCUT2D eigenvalue weighted by Crippen LogP contribution is -2.57. The zero-order valence-corrected chi connectivity index (χ0v) is 39.2. The summed E-state index contributed by atoms with van der Waals surface area (Å²) in [5, 5.41) is 17.9. The summed E-state index contributed by atoms with van der Waals surface area (Å²) < 4.78 is 53.3. The molecule has 3 atom stereocenters. The lowest BCUT2D eigenvalue weighted by molar-refractivity contribution is -0.141. The minimum atomic E-state index is -1.39. The molecule has 0 radical (unpaired) electrons. The molecule has 6 amide bonds. The number of halogens is 2. The second kappa shape index (κ2) is 27.8. The molecule has 1 aliphatic rings. The van der Waals surface area contributed by atoms with Crippen molar-refractivity contribution in [3.05, 3.63) is 95.8 Å². The third kappa shape index (κ3) is 17.3. The number of benzene rings is 2. The van der Waals surface area contributed by atoms with Crippen LogP contribution in [0.1, 0.15) is 57.8 Å². The lowest BCUT2D eigenvalue weighted by Gasteiger charge is -2.41. The number of aliphatic hydroxyl groups excluding tert-OH is 1. The van der Waals surface area contributed by atoms with Crippen LogP contribution >= 0.6 is 0 Å². The Hall–Kier alpha value is -5.90. The largest absolute Gasteiger partial charge is 0.387 e. The Morgan fingerprint density at radius 1 is 0.824 bits per heavy atom. The Bertz CT molecular complexity index is 2150. The predicted molar refractivity (Wildman–Crippen MR) is 246 cm³/mol. The molecule has 0 spiro atoms. The smallest absolute Gasteiger partial charge is 0.254 e. The highest BCUT2D eigenvalue weighted by atomic mass is 19.1. The maximum atomic E-state index is 15.2. The molecule has 4 rings (SSSR count). The minimum absolute atomic E-state index is 0.00783. The van der Waals surface area contributed by atoms with Crippen molar-refractivity contribution < 1.29 is 61.6 Å². The van der Waals surface area contributed by atoms with Crippen molar-refractivity contribution in [3.63, 3.8) is 0 Å². The molecular weight excluding hydrogens is 889 g/mol. The zero-order valence-electron chi connectivity index (χ0n) is 39.2. The maximum Gasteiger partial charge on any atom is 0.254 e. The summed E-state index contributed by atoms with van der Waals surface area (Å²) in [7, 11) is 0. The first-order chi connectivity index (χ1) is 32.5. The van der Waals surface area contributed by atoms with Gasteiger partial charge in [-0.05, 0) is 48.1 Å². The average Bonchev–Trinajstić information content (AvgIpc) is 3.86. The van der Waals surface area contributed by atoms with Crippen LogP contribution in [0.3, 0.4) is 0 Å². The topological polar surface area (TPSA) is 233 Å². The fourth-order valence-electron chi connectivity index (χ4n) is 7.28. The van der Waals surface area contributed by atoms with Crippen molar-refractivity contribution in [1.82, 2.24) is 30.3 Å². The first kappa shape index (κ1) is 54.7. The molecule has 0 unspecified atom stereocenters. The standard InChI is InChI=1S/C48H65F2N7O11/c1-5-18-65-20-22-67-24-25-68-23-21-66-19-16-52-47(64)39(28-53-41(59)31-57-42(60)13-14-43(57)61)54-46(63)38(51)15-17-56(44(62)32-58)45(48(2,3)4)40-26-34(36-27-35(49)11-12-37(36)50)30-55(40)29-33-9-7-6-8-10-33/h6-14,26-27,30,38-39,45,58H,5,15-25,28-29,31-32,51H2,1-4H3,(H,52,64)(H,53,59)(H,54,63)/t38-,39+,45-/m0/s1. The summed E-state index contributed by atoms with van der Waals surface area (Å²) in [5.41, 5.74) is 7.45. The first-order valence-electron chi connectivity index (χ1n) is 22.6. The number of amides is 6. The van der Waals surface area contributed by atoms with Gasteiger partial charge in [0.2, 0.25) is 23.6 Å². The SMILES string of the molecule is CCCOCCOCCOCCOCCNC(=O)[C@@H](CNC(=O)CN1C(=O)C=CC1=O)NC(=O)[C@@H](N)CCN(C(=O)CO)[C@@H](c1cc(-c2cc(F)ccc2F)cn1Cc1ccccc1)C(C)(C)C. The van der Waals surface area contributed by atoms with Crippen LogP contribution in [0.25, 0.3) is 11.1 Å². The predicted octanol–water partition coefficient (Wildman–Crippen LogP) is 2.23. The first-order valence-corrected chi connectivity index (χ1v) is 22.6. The van der Waals surface area contributed by atoms with Gasteiger partial charge in [0.05, 0.1) is 58.3 Å². The summed E-state index contributed by atoms with van der Waals surface area (Å²) in [5.74, 6) is -5.67. The Balaban J connectivity index is 1.45. The van der Waals surface area contributed by atoms with Crippen molar-refractivity contribution >= 4 is 35.4 Å². The van der Waals surface area contributed by atoms with E-state index in [1.54, 1.807) is 12.3 Å². The van der Waals surface area contributed by atoms with Crippen LogP contribution in [0, 0.1) is 17.0 Å². The van der Waals surface area contributed by atoms with E-state index in [0.717, 1.165) is 42.3 Å². The number of carbonyl (C=O) groups excluding carboxylic acids is 6. The highest BCUT2D eigenvalue weighted by Gasteiger charge is 2.38. The number of imide groups is 1. The number of carbonyl (C=O) groups is 6. The highest BCUT2D eigenvalue weighted by molar-refractivity contribution is 6.14. The molecule has 2 aromatic carbocycles. The number of hydrogen-bond donors (Lipinski definition) is 5. The van der Waals surface area contributed by atoms with Crippen molar-refractivity contribution in [3.8, 4) is 11.1 Å². The molecule has 6 N–H and O–H groups in total. The third-order valence-corrected chi connectivity index (χ3v) is 10.6.